The Morgan fingerprint density at radius 2 is 0.660 bits per heavy atom. The largest absolute Gasteiger partial charge is 0.481 e. The van der Waals surface area contributed by atoms with Gasteiger partial charge in [-0.05, 0) is 12.8 Å². The molecule has 2 unspecified atom stereocenters. The fourth-order valence-electron chi connectivity index (χ4n) is 4.41. The first kappa shape index (κ1) is 54.5. The number of carboxylic acid groups (broad SMARTS) is 2. The Morgan fingerprint density at radius 3 is 0.840 bits per heavy atom. The molecule has 12 nitrogen and oxygen atoms in total. The number of rotatable bonds is 30. The molecule has 0 spiro atoms. The smallest absolute Gasteiger partial charge is 0.303 e. The summed E-state index contributed by atoms with van der Waals surface area (Å²) in [5.41, 5.74) is 0. The zero-order valence-corrected chi connectivity index (χ0v) is 32.1. The summed E-state index contributed by atoms with van der Waals surface area (Å²) < 4.78 is 8.69. The highest BCUT2D eigenvalue weighted by molar-refractivity contribution is 5.67. The Labute approximate surface area is 303 Å². The van der Waals surface area contributed by atoms with Crippen LogP contribution < -0.4 is 0 Å². The second-order valence-corrected chi connectivity index (χ2v) is 12.6. The van der Waals surface area contributed by atoms with Crippen LogP contribution in [-0.2, 0) is 28.7 Å². The van der Waals surface area contributed by atoms with Crippen molar-refractivity contribution in [3.63, 3.8) is 0 Å². The number of aliphatic hydroxyl groups excluding tert-OH is 4. The van der Waals surface area contributed by atoms with Gasteiger partial charge in [-0.3, -0.25) is 19.2 Å². The molecule has 0 amide bonds. The van der Waals surface area contributed by atoms with Crippen molar-refractivity contribution in [2.24, 2.45) is 0 Å². The highest BCUT2D eigenvalue weighted by Gasteiger charge is 2.03. The van der Waals surface area contributed by atoms with Gasteiger partial charge in [-0.25, -0.2) is 0 Å². The van der Waals surface area contributed by atoms with Crippen molar-refractivity contribution in [1.29, 1.82) is 0 Å². The van der Waals surface area contributed by atoms with Crippen molar-refractivity contribution in [2.75, 3.05) is 26.4 Å². The van der Waals surface area contributed by atoms with Crippen LogP contribution in [-0.4, -0.2) is 93.2 Å². The molecule has 0 saturated heterocycles. The molecule has 0 aliphatic heterocycles. The van der Waals surface area contributed by atoms with Gasteiger partial charge in [0.2, 0.25) is 0 Å². The van der Waals surface area contributed by atoms with Crippen molar-refractivity contribution in [3.8, 4) is 0 Å². The molecule has 2 atom stereocenters. The number of esters is 2. The number of ether oxygens (including phenoxy) is 2. The quantitative estimate of drug-likeness (QED) is 0.0317. The number of carbonyl (C=O) groups excluding carboxylic acids is 2. The van der Waals surface area contributed by atoms with Crippen molar-refractivity contribution in [3.05, 3.63) is 0 Å². The first-order valence-corrected chi connectivity index (χ1v) is 19.2. The fraction of sp³-hybridized carbons (Fsp3) is 0.895. The van der Waals surface area contributed by atoms with Crippen LogP contribution in [0.3, 0.4) is 0 Å². The SMILES string of the molecule is CC(=O)OCC(O)CO.CC(=O)OCC(O)CO.CCCCCCCCCCCCCC(=O)O.CCCCCCCCCCCCCC(=O)O. The van der Waals surface area contributed by atoms with Gasteiger partial charge in [-0.2, -0.15) is 0 Å². The molecule has 6 N–H and O–H groups in total. The maximum atomic E-state index is 10.3. The summed E-state index contributed by atoms with van der Waals surface area (Å²) in [6.07, 6.45) is 26.8. The molecule has 0 aromatic heterocycles. The van der Waals surface area contributed by atoms with E-state index in [1.807, 2.05) is 0 Å². The first-order chi connectivity index (χ1) is 23.9. The normalized spacial score (nSPS) is 11.4. The average Bonchev–Trinajstić information content (AvgIpc) is 3.08. The summed E-state index contributed by atoms with van der Waals surface area (Å²) >= 11 is 0. The second-order valence-electron chi connectivity index (χ2n) is 12.6. The maximum absolute atomic E-state index is 10.3. The van der Waals surface area contributed by atoms with Crippen molar-refractivity contribution < 1.29 is 59.3 Å². The number of aliphatic carboxylic acids is 2. The lowest BCUT2D eigenvalue weighted by Crippen LogP contribution is -2.20. The van der Waals surface area contributed by atoms with Crippen LogP contribution in [0.2, 0.25) is 0 Å². The standard InChI is InChI=1S/2C14H28O2.2C5H10O4/c2*1-2-3-4-5-6-7-8-9-10-11-12-13-14(15)16;2*1-4(7)9-3-5(8)2-6/h2*2-13H2,1H3,(H,15,16);2*5-6,8H,2-3H2,1H3. The Kier molecular flexibility index (Phi) is 50.9. The Hall–Kier alpha value is -2.28. The van der Waals surface area contributed by atoms with Crippen LogP contribution in [0.25, 0.3) is 0 Å². The first-order valence-electron chi connectivity index (χ1n) is 19.2. The van der Waals surface area contributed by atoms with E-state index in [4.69, 9.17) is 30.6 Å². The van der Waals surface area contributed by atoms with E-state index in [-0.39, 0.29) is 26.4 Å². The molecule has 300 valence electrons. The predicted molar refractivity (Wildman–Crippen MR) is 197 cm³/mol. The third-order valence-corrected chi connectivity index (χ3v) is 7.37. The van der Waals surface area contributed by atoms with E-state index in [0.29, 0.717) is 12.8 Å². The topological polar surface area (TPSA) is 208 Å². The molecular formula is C38H76O12. The molecule has 0 bridgehead atoms. The molecule has 0 aromatic rings. The van der Waals surface area contributed by atoms with E-state index >= 15 is 0 Å². The van der Waals surface area contributed by atoms with E-state index < -0.39 is 36.1 Å². The van der Waals surface area contributed by atoms with Gasteiger partial charge in [-0.1, -0.05) is 142 Å². The Morgan fingerprint density at radius 1 is 0.440 bits per heavy atom. The fourth-order valence-corrected chi connectivity index (χ4v) is 4.41. The molecule has 0 rings (SSSR count). The summed E-state index contributed by atoms with van der Waals surface area (Å²) in [4.78, 5) is 40.6. The molecule has 0 heterocycles. The monoisotopic (exact) mass is 725 g/mol. The van der Waals surface area contributed by atoms with Crippen molar-refractivity contribution >= 4 is 23.9 Å². The average molecular weight is 725 g/mol. The Bertz CT molecular complexity index is 673. The molecular weight excluding hydrogens is 648 g/mol. The molecule has 0 fully saturated rings. The molecule has 0 aliphatic carbocycles. The van der Waals surface area contributed by atoms with Crippen molar-refractivity contribution in [1.82, 2.24) is 0 Å². The molecule has 0 aliphatic rings. The third-order valence-electron chi connectivity index (χ3n) is 7.37. The van der Waals surface area contributed by atoms with Gasteiger partial charge in [0.1, 0.15) is 25.4 Å². The zero-order chi connectivity index (χ0) is 38.7. The highest BCUT2D eigenvalue weighted by atomic mass is 16.5. The third kappa shape index (κ3) is 64.3. The van der Waals surface area contributed by atoms with Crippen LogP contribution >= 0.6 is 0 Å². The van der Waals surface area contributed by atoms with E-state index in [9.17, 15) is 19.2 Å². The van der Waals surface area contributed by atoms with Crippen LogP contribution in [0, 0.1) is 0 Å². The number of unbranched alkanes of at least 4 members (excludes halogenated alkanes) is 20. The number of hydrogen-bond donors (Lipinski definition) is 6. The summed E-state index contributed by atoms with van der Waals surface area (Å²) in [7, 11) is 0. The van der Waals surface area contributed by atoms with Crippen LogP contribution in [0.5, 0.6) is 0 Å². The molecule has 0 saturated carbocycles. The molecule has 12 heteroatoms. The minimum absolute atomic E-state index is 0.133. The van der Waals surface area contributed by atoms with Gasteiger partial charge in [0.05, 0.1) is 13.2 Å². The lowest BCUT2D eigenvalue weighted by Gasteiger charge is -2.05. The molecule has 0 radical (unpaired) electrons. The van der Waals surface area contributed by atoms with Gasteiger partial charge < -0.3 is 40.1 Å². The lowest BCUT2D eigenvalue weighted by molar-refractivity contribution is -0.145. The number of carbonyl (C=O) groups is 4. The summed E-state index contributed by atoms with van der Waals surface area (Å²) in [6, 6.07) is 0. The van der Waals surface area contributed by atoms with E-state index in [2.05, 4.69) is 23.3 Å². The van der Waals surface area contributed by atoms with Crippen molar-refractivity contribution in [2.45, 2.75) is 194 Å². The number of aliphatic hydroxyl groups is 4. The minimum Gasteiger partial charge on any atom is -0.481 e. The second kappa shape index (κ2) is 46.7. The van der Waals surface area contributed by atoms with Gasteiger partial charge in [0.25, 0.3) is 0 Å². The number of hydrogen-bond acceptors (Lipinski definition) is 10. The van der Waals surface area contributed by atoms with Gasteiger partial charge >= 0.3 is 23.9 Å². The van der Waals surface area contributed by atoms with Crippen LogP contribution in [0.1, 0.15) is 182 Å². The van der Waals surface area contributed by atoms with Gasteiger partial charge in [-0.15, -0.1) is 0 Å². The minimum atomic E-state index is -0.950. The lowest BCUT2D eigenvalue weighted by atomic mass is 10.1. The van der Waals surface area contributed by atoms with E-state index in [1.165, 1.54) is 129 Å². The number of carboxylic acids is 2. The predicted octanol–water partition coefficient (Wildman–Crippen LogP) is 7.35. The zero-order valence-electron chi connectivity index (χ0n) is 32.1. The summed E-state index contributed by atoms with van der Waals surface area (Å²) in [5, 5.41) is 50.5. The van der Waals surface area contributed by atoms with Crippen LogP contribution in [0.4, 0.5) is 0 Å². The van der Waals surface area contributed by atoms with Gasteiger partial charge in [0.15, 0.2) is 0 Å². The van der Waals surface area contributed by atoms with E-state index in [1.54, 1.807) is 0 Å². The Balaban J connectivity index is -0.000000293. The molecule has 50 heavy (non-hydrogen) atoms. The maximum Gasteiger partial charge on any atom is 0.303 e. The summed E-state index contributed by atoms with van der Waals surface area (Å²) in [5.74, 6) is -2.23. The van der Waals surface area contributed by atoms with E-state index in [0.717, 1.165) is 25.7 Å². The molecule has 0 aromatic carbocycles. The highest BCUT2D eigenvalue weighted by Crippen LogP contribution is 2.13. The summed E-state index contributed by atoms with van der Waals surface area (Å²) in [6.45, 7) is 5.95. The van der Waals surface area contributed by atoms with Gasteiger partial charge in [0, 0.05) is 26.7 Å². The van der Waals surface area contributed by atoms with Crippen LogP contribution in [0.15, 0.2) is 0 Å².